The third-order valence-electron chi connectivity index (χ3n) is 3.35. The molecule has 2 aromatic rings. The Hall–Kier alpha value is -2.17. The zero-order valence-corrected chi connectivity index (χ0v) is 9.77. The van der Waals surface area contributed by atoms with Crippen LogP contribution in [0.1, 0.15) is 29.1 Å². The molecule has 5 heteroatoms. The van der Waals surface area contributed by atoms with Gasteiger partial charge in [-0.05, 0) is 31.0 Å². The molecule has 1 fully saturated rings. The van der Waals surface area contributed by atoms with Gasteiger partial charge in [-0.3, -0.25) is 9.59 Å². The van der Waals surface area contributed by atoms with Crippen molar-refractivity contribution in [2.24, 2.45) is 5.41 Å². The molecule has 1 aromatic carbocycles. The van der Waals surface area contributed by atoms with Crippen molar-refractivity contribution in [1.29, 1.82) is 0 Å². The second-order valence-corrected chi connectivity index (χ2v) is 4.63. The van der Waals surface area contributed by atoms with E-state index in [-0.39, 0.29) is 5.78 Å². The van der Waals surface area contributed by atoms with Gasteiger partial charge in [0.25, 0.3) is 0 Å². The lowest BCUT2D eigenvalue weighted by atomic mass is 9.95. The second-order valence-electron chi connectivity index (χ2n) is 4.63. The lowest BCUT2D eigenvalue weighted by Crippen LogP contribution is -2.25. The summed E-state index contributed by atoms with van der Waals surface area (Å²) in [5.74, 6) is -0.851. The van der Waals surface area contributed by atoms with E-state index in [1.165, 1.54) is 0 Å². The highest BCUT2D eigenvalue weighted by atomic mass is 16.4. The third kappa shape index (κ3) is 1.44. The van der Waals surface area contributed by atoms with Gasteiger partial charge in [0, 0.05) is 12.5 Å². The summed E-state index contributed by atoms with van der Waals surface area (Å²) >= 11 is 0. The normalized spacial score (nSPS) is 16.7. The molecule has 1 aliphatic rings. The Labute approximate surface area is 102 Å². The van der Waals surface area contributed by atoms with Gasteiger partial charge in [-0.25, -0.2) is 4.98 Å². The predicted molar refractivity (Wildman–Crippen MR) is 62.4 cm³/mol. The highest BCUT2D eigenvalue weighted by Gasteiger charge is 2.56. The molecule has 5 nitrogen and oxygen atoms in total. The monoisotopic (exact) mass is 245 g/mol. The highest BCUT2D eigenvalue weighted by Crippen LogP contribution is 2.48. The van der Waals surface area contributed by atoms with E-state index in [9.17, 15) is 9.59 Å². The van der Waals surface area contributed by atoms with Crippen LogP contribution in [0.2, 0.25) is 0 Å². The van der Waals surface area contributed by atoms with Gasteiger partial charge in [-0.2, -0.15) is 0 Å². The Morgan fingerprint density at radius 2 is 2.11 bits per heavy atom. The third-order valence-corrected chi connectivity index (χ3v) is 3.35. The van der Waals surface area contributed by atoms with Crippen LogP contribution >= 0.6 is 0 Å². The van der Waals surface area contributed by atoms with Crippen LogP contribution in [-0.4, -0.2) is 21.8 Å². The molecule has 92 valence electrons. The van der Waals surface area contributed by atoms with Crippen molar-refractivity contribution in [3.63, 3.8) is 0 Å². The van der Waals surface area contributed by atoms with Crippen molar-refractivity contribution in [3.05, 3.63) is 29.7 Å². The summed E-state index contributed by atoms with van der Waals surface area (Å²) in [6, 6.07) is 4.84. The summed E-state index contributed by atoms with van der Waals surface area (Å²) in [6.45, 7) is 1.72. The van der Waals surface area contributed by atoms with Crippen molar-refractivity contribution in [3.8, 4) is 0 Å². The van der Waals surface area contributed by atoms with E-state index in [1.54, 1.807) is 25.1 Å². The topological polar surface area (TPSA) is 80.4 Å². The van der Waals surface area contributed by atoms with Crippen LogP contribution in [0.5, 0.6) is 0 Å². The number of rotatable bonds is 3. The first-order valence-electron chi connectivity index (χ1n) is 5.68. The van der Waals surface area contributed by atoms with Crippen LogP contribution in [0, 0.1) is 12.3 Å². The van der Waals surface area contributed by atoms with Gasteiger partial charge in [0.2, 0.25) is 0 Å². The highest BCUT2D eigenvalue weighted by molar-refractivity contribution is 6.15. The van der Waals surface area contributed by atoms with E-state index < -0.39 is 11.4 Å². The summed E-state index contributed by atoms with van der Waals surface area (Å²) in [7, 11) is 0. The van der Waals surface area contributed by atoms with E-state index in [0.29, 0.717) is 35.4 Å². The van der Waals surface area contributed by atoms with E-state index in [0.717, 1.165) is 0 Å². The molecule has 0 radical (unpaired) electrons. The zero-order chi connectivity index (χ0) is 12.9. The molecule has 0 unspecified atom stereocenters. The van der Waals surface area contributed by atoms with E-state index in [4.69, 9.17) is 9.52 Å². The SMILES string of the molecule is Cc1nc2cc(C(=O)C3(C(=O)O)CC3)ccc2o1. The molecule has 3 rings (SSSR count). The zero-order valence-electron chi connectivity index (χ0n) is 9.77. The number of aromatic nitrogens is 1. The molecule has 0 amide bonds. The minimum atomic E-state index is -1.20. The molecule has 0 saturated heterocycles. The average molecular weight is 245 g/mol. The maximum absolute atomic E-state index is 12.2. The molecule has 0 aliphatic heterocycles. The number of fused-ring (bicyclic) bond motifs is 1. The van der Waals surface area contributed by atoms with Gasteiger partial charge in [0.05, 0.1) is 0 Å². The molecule has 1 N–H and O–H groups in total. The molecule has 1 aromatic heterocycles. The molecule has 0 bridgehead atoms. The molecule has 1 saturated carbocycles. The van der Waals surface area contributed by atoms with Gasteiger partial charge in [0.1, 0.15) is 10.9 Å². The fourth-order valence-electron chi connectivity index (χ4n) is 2.12. The van der Waals surface area contributed by atoms with Crippen molar-refractivity contribution in [2.45, 2.75) is 19.8 Å². The maximum Gasteiger partial charge on any atom is 0.317 e. The average Bonchev–Trinajstić information content (AvgIpc) is 3.05. The standard InChI is InChI=1S/C13H11NO4/c1-7-14-9-6-8(2-3-10(9)18-7)11(15)13(4-5-13)12(16)17/h2-3,6H,4-5H2,1H3,(H,16,17). The Bertz CT molecular complexity index is 667. The molecule has 1 heterocycles. The minimum absolute atomic E-state index is 0.336. The molecular formula is C13H11NO4. The molecule has 0 spiro atoms. The summed E-state index contributed by atoms with van der Waals surface area (Å²) in [4.78, 5) is 27.4. The van der Waals surface area contributed by atoms with Crippen LogP contribution in [0.3, 0.4) is 0 Å². The number of ketones is 1. The van der Waals surface area contributed by atoms with Gasteiger partial charge in [-0.1, -0.05) is 0 Å². The minimum Gasteiger partial charge on any atom is -0.480 e. The first-order chi connectivity index (χ1) is 8.53. The lowest BCUT2D eigenvalue weighted by Gasteiger charge is -2.07. The fourth-order valence-corrected chi connectivity index (χ4v) is 2.12. The Balaban J connectivity index is 2.04. The van der Waals surface area contributed by atoms with Crippen molar-refractivity contribution >= 4 is 22.9 Å². The van der Waals surface area contributed by atoms with Crippen LogP contribution in [0.15, 0.2) is 22.6 Å². The largest absolute Gasteiger partial charge is 0.480 e. The lowest BCUT2D eigenvalue weighted by molar-refractivity contribution is -0.141. The molecule has 18 heavy (non-hydrogen) atoms. The van der Waals surface area contributed by atoms with E-state index >= 15 is 0 Å². The quantitative estimate of drug-likeness (QED) is 0.662. The number of Topliss-reactive ketones (excluding diaryl/α,β-unsaturated/α-hetero) is 1. The van der Waals surface area contributed by atoms with Crippen molar-refractivity contribution in [2.75, 3.05) is 0 Å². The van der Waals surface area contributed by atoms with E-state index in [2.05, 4.69) is 4.98 Å². The molecule has 1 aliphatic carbocycles. The number of aliphatic carboxylic acids is 1. The van der Waals surface area contributed by atoms with Crippen LogP contribution in [-0.2, 0) is 4.79 Å². The number of hydrogen-bond acceptors (Lipinski definition) is 4. The summed E-state index contributed by atoms with van der Waals surface area (Å²) in [6.07, 6.45) is 0.827. The maximum atomic E-state index is 12.2. The second kappa shape index (κ2) is 3.41. The van der Waals surface area contributed by atoms with Crippen LogP contribution < -0.4 is 0 Å². The van der Waals surface area contributed by atoms with Crippen molar-refractivity contribution in [1.82, 2.24) is 4.98 Å². The van der Waals surface area contributed by atoms with Gasteiger partial charge >= 0.3 is 5.97 Å². The predicted octanol–water partition coefficient (Wildman–Crippen LogP) is 2.18. The van der Waals surface area contributed by atoms with Gasteiger partial charge < -0.3 is 9.52 Å². The molecule has 0 atom stereocenters. The number of nitrogens with zero attached hydrogens (tertiary/aromatic N) is 1. The smallest absolute Gasteiger partial charge is 0.317 e. The number of aryl methyl sites for hydroxylation is 1. The van der Waals surface area contributed by atoms with Gasteiger partial charge in [-0.15, -0.1) is 0 Å². The number of carbonyl (C=O) groups is 2. The summed E-state index contributed by atoms with van der Waals surface area (Å²) in [5, 5.41) is 9.10. The van der Waals surface area contributed by atoms with E-state index in [1.807, 2.05) is 0 Å². The van der Waals surface area contributed by atoms with Gasteiger partial charge in [0.15, 0.2) is 17.3 Å². The first-order valence-corrected chi connectivity index (χ1v) is 5.68. The Morgan fingerprint density at radius 1 is 1.39 bits per heavy atom. The number of carboxylic acids is 1. The fraction of sp³-hybridized carbons (Fsp3) is 0.308. The Morgan fingerprint density at radius 3 is 2.72 bits per heavy atom. The number of carboxylic acid groups (broad SMARTS) is 1. The number of oxazole rings is 1. The van der Waals surface area contributed by atoms with Crippen molar-refractivity contribution < 1.29 is 19.1 Å². The summed E-state index contributed by atoms with van der Waals surface area (Å²) in [5.41, 5.74) is 0.367. The van der Waals surface area contributed by atoms with Crippen LogP contribution in [0.25, 0.3) is 11.1 Å². The summed E-state index contributed by atoms with van der Waals surface area (Å²) < 4.78 is 5.31. The molecular weight excluding hydrogens is 234 g/mol. The number of benzene rings is 1. The number of hydrogen-bond donors (Lipinski definition) is 1. The Kier molecular flexibility index (Phi) is 2.08. The number of carbonyl (C=O) groups excluding carboxylic acids is 1. The van der Waals surface area contributed by atoms with Crippen LogP contribution in [0.4, 0.5) is 0 Å². The first kappa shape index (κ1) is 11.0.